The minimum atomic E-state index is 0.0128. The van der Waals surface area contributed by atoms with Crippen LogP contribution in [0.1, 0.15) is 10.4 Å². The van der Waals surface area contributed by atoms with Crippen LogP contribution in [0, 0.1) is 11.8 Å². The molecule has 0 saturated carbocycles. The van der Waals surface area contributed by atoms with Gasteiger partial charge >= 0.3 is 0 Å². The van der Waals surface area contributed by atoms with Gasteiger partial charge in [-0.2, -0.15) is 5.10 Å². The highest BCUT2D eigenvalue weighted by atomic mass is 16.3. The smallest absolute Gasteiger partial charge is 0.253 e. The molecule has 2 atom stereocenters. The maximum absolute atomic E-state index is 12.7. The van der Waals surface area contributed by atoms with Gasteiger partial charge in [0.2, 0.25) is 0 Å². The molecule has 24 heavy (non-hydrogen) atoms. The van der Waals surface area contributed by atoms with Crippen molar-refractivity contribution in [3.63, 3.8) is 0 Å². The maximum Gasteiger partial charge on any atom is 0.253 e. The van der Waals surface area contributed by atoms with Gasteiger partial charge in [-0.1, -0.05) is 12.1 Å². The van der Waals surface area contributed by atoms with E-state index in [1.165, 1.54) is 6.33 Å². The Labute approximate surface area is 141 Å². The number of aliphatic hydroxyl groups excluding tert-OH is 1. The second kappa shape index (κ2) is 7.11. The fraction of sp³-hybridized carbons (Fsp3) is 0.471. The Balaban J connectivity index is 1.70. The molecule has 128 valence electrons. The summed E-state index contributed by atoms with van der Waals surface area (Å²) >= 11 is 0. The van der Waals surface area contributed by atoms with Crippen molar-refractivity contribution in [2.24, 2.45) is 11.8 Å². The van der Waals surface area contributed by atoms with Crippen molar-refractivity contribution < 1.29 is 9.90 Å². The van der Waals surface area contributed by atoms with Gasteiger partial charge in [-0.25, -0.2) is 4.98 Å². The van der Waals surface area contributed by atoms with E-state index in [1.54, 1.807) is 0 Å². The molecule has 2 heterocycles. The van der Waals surface area contributed by atoms with Gasteiger partial charge in [0, 0.05) is 43.3 Å². The number of hydrogen-bond donors (Lipinski definition) is 2. The summed E-state index contributed by atoms with van der Waals surface area (Å²) < 4.78 is 0. The van der Waals surface area contributed by atoms with Gasteiger partial charge in [-0.15, -0.1) is 0 Å². The molecule has 7 nitrogen and oxygen atoms in total. The van der Waals surface area contributed by atoms with E-state index < -0.39 is 0 Å². The van der Waals surface area contributed by atoms with Gasteiger partial charge in [0.1, 0.15) is 6.33 Å². The fourth-order valence-corrected chi connectivity index (χ4v) is 3.29. The van der Waals surface area contributed by atoms with E-state index in [1.807, 2.05) is 43.3 Å². The SMILES string of the molecule is CN(C)C[C@@H]1CN(C(=O)c2ccc(-c3ncn[nH]3)cc2)C[C@@H]1CO. The number of carbonyl (C=O) groups is 1. The summed E-state index contributed by atoms with van der Waals surface area (Å²) in [5.74, 6) is 1.15. The molecule has 0 aliphatic carbocycles. The lowest BCUT2D eigenvalue weighted by Gasteiger charge is -2.20. The number of benzene rings is 1. The molecule has 3 rings (SSSR count). The van der Waals surface area contributed by atoms with Crippen LogP contribution < -0.4 is 0 Å². The van der Waals surface area contributed by atoms with Crippen LogP contribution in [0.5, 0.6) is 0 Å². The van der Waals surface area contributed by atoms with Crippen molar-refractivity contribution in [3.05, 3.63) is 36.2 Å². The average Bonchev–Trinajstić information content (AvgIpc) is 3.23. The highest BCUT2D eigenvalue weighted by Gasteiger charge is 2.35. The average molecular weight is 329 g/mol. The molecule has 1 aliphatic rings. The van der Waals surface area contributed by atoms with Crippen LogP contribution in [-0.4, -0.2) is 76.3 Å². The lowest BCUT2D eigenvalue weighted by molar-refractivity contribution is 0.0779. The topological polar surface area (TPSA) is 85.4 Å². The highest BCUT2D eigenvalue weighted by molar-refractivity contribution is 5.94. The summed E-state index contributed by atoms with van der Waals surface area (Å²) in [7, 11) is 4.03. The molecule has 1 fully saturated rings. The Morgan fingerprint density at radius 2 is 2.00 bits per heavy atom. The van der Waals surface area contributed by atoms with Crippen LogP contribution in [0.4, 0.5) is 0 Å². The largest absolute Gasteiger partial charge is 0.396 e. The number of likely N-dealkylation sites (tertiary alicyclic amines) is 1. The van der Waals surface area contributed by atoms with Crippen LogP contribution in [0.15, 0.2) is 30.6 Å². The van der Waals surface area contributed by atoms with E-state index in [9.17, 15) is 9.90 Å². The molecule has 0 unspecified atom stereocenters. The molecular formula is C17H23N5O2. The zero-order valence-corrected chi connectivity index (χ0v) is 14.0. The number of rotatable bonds is 5. The van der Waals surface area contributed by atoms with E-state index in [0.717, 1.165) is 12.1 Å². The molecule has 2 N–H and O–H groups in total. The first-order chi connectivity index (χ1) is 11.6. The minimum absolute atomic E-state index is 0.0128. The number of H-pyrrole nitrogens is 1. The predicted molar refractivity (Wildman–Crippen MR) is 90.3 cm³/mol. The first-order valence-electron chi connectivity index (χ1n) is 8.09. The van der Waals surface area contributed by atoms with Crippen molar-refractivity contribution >= 4 is 5.91 Å². The Morgan fingerprint density at radius 1 is 1.29 bits per heavy atom. The quantitative estimate of drug-likeness (QED) is 0.844. The van der Waals surface area contributed by atoms with Crippen molar-refractivity contribution in [2.45, 2.75) is 0 Å². The lowest BCUT2D eigenvalue weighted by atomic mass is 9.97. The van der Waals surface area contributed by atoms with Gasteiger partial charge < -0.3 is 14.9 Å². The zero-order valence-electron chi connectivity index (χ0n) is 14.0. The van der Waals surface area contributed by atoms with E-state index in [-0.39, 0.29) is 18.4 Å². The van der Waals surface area contributed by atoms with E-state index in [0.29, 0.717) is 30.4 Å². The van der Waals surface area contributed by atoms with Crippen molar-refractivity contribution in [2.75, 3.05) is 40.3 Å². The number of aliphatic hydroxyl groups is 1. The van der Waals surface area contributed by atoms with Crippen LogP contribution in [-0.2, 0) is 0 Å². The number of aromatic nitrogens is 3. The van der Waals surface area contributed by atoms with Gasteiger partial charge in [0.15, 0.2) is 5.82 Å². The zero-order chi connectivity index (χ0) is 17.1. The Kier molecular flexibility index (Phi) is 4.92. The molecule has 0 spiro atoms. The summed E-state index contributed by atoms with van der Waals surface area (Å²) in [6.45, 7) is 2.29. The molecule has 1 amide bonds. The third kappa shape index (κ3) is 3.47. The summed E-state index contributed by atoms with van der Waals surface area (Å²) in [5, 5.41) is 16.2. The van der Waals surface area contributed by atoms with E-state index in [4.69, 9.17) is 0 Å². The molecule has 1 saturated heterocycles. The first-order valence-corrected chi connectivity index (χ1v) is 8.09. The molecule has 2 aromatic rings. The van der Waals surface area contributed by atoms with Gasteiger partial charge in [0.25, 0.3) is 5.91 Å². The standard InChI is InChI=1S/C17H23N5O2/c1-21(2)7-14-8-22(9-15(14)10-23)17(24)13-5-3-12(4-6-13)16-18-11-19-20-16/h3-6,11,14-15,23H,7-10H2,1-2H3,(H,18,19,20)/t14-,15-/m1/s1. The van der Waals surface area contributed by atoms with Crippen LogP contribution >= 0.6 is 0 Å². The predicted octanol–water partition coefficient (Wildman–Crippen LogP) is 0.714. The Bertz CT molecular complexity index is 669. The molecule has 7 heteroatoms. The summed E-state index contributed by atoms with van der Waals surface area (Å²) in [5.41, 5.74) is 1.55. The Morgan fingerprint density at radius 3 is 2.58 bits per heavy atom. The van der Waals surface area contributed by atoms with Gasteiger partial charge in [-0.3, -0.25) is 9.89 Å². The molecule has 1 aromatic carbocycles. The normalized spacial score (nSPS) is 20.8. The minimum Gasteiger partial charge on any atom is -0.396 e. The van der Waals surface area contributed by atoms with E-state index in [2.05, 4.69) is 20.1 Å². The van der Waals surface area contributed by atoms with Crippen molar-refractivity contribution in [3.8, 4) is 11.4 Å². The number of amides is 1. The monoisotopic (exact) mass is 329 g/mol. The third-order valence-electron chi connectivity index (χ3n) is 4.52. The lowest BCUT2D eigenvalue weighted by Crippen LogP contribution is -2.30. The van der Waals surface area contributed by atoms with Crippen LogP contribution in [0.2, 0.25) is 0 Å². The maximum atomic E-state index is 12.7. The van der Waals surface area contributed by atoms with Crippen LogP contribution in [0.25, 0.3) is 11.4 Å². The third-order valence-corrected chi connectivity index (χ3v) is 4.52. The first kappa shape index (κ1) is 16.6. The summed E-state index contributed by atoms with van der Waals surface area (Å²) in [6.07, 6.45) is 1.46. The number of hydrogen-bond acceptors (Lipinski definition) is 5. The molecule has 1 aromatic heterocycles. The number of nitrogens with zero attached hydrogens (tertiary/aromatic N) is 4. The molecule has 1 aliphatic heterocycles. The highest BCUT2D eigenvalue weighted by Crippen LogP contribution is 2.25. The van der Waals surface area contributed by atoms with E-state index >= 15 is 0 Å². The van der Waals surface area contributed by atoms with Gasteiger partial charge in [0.05, 0.1) is 0 Å². The number of carbonyl (C=O) groups excluding carboxylic acids is 1. The molecule has 0 radical (unpaired) electrons. The number of nitrogens with one attached hydrogen (secondary N) is 1. The van der Waals surface area contributed by atoms with Crippen LogP contribution in [0.3, 0.4) is 0 Å². The molecular weight excluding hydrogens is 306 g/mol. The number of aromatic amines is 1. The second-order valence-electron chi connectivity index (χ2n) is 6.59. The summed E-state index contributed by atoms with van der Waals surface area (Å²) in [6, 6.07) is 7.36. The second-order valence-corrected chi connectivity index (χ2v) is 6.59. The summed E-state index contributed by atoms with van der Waals surface area (Å²) in [4.78, 5) is 20.8. The van der Waals surface area contributed by atoms with Gasteiger partial charge in [-0.05, 0) is 32.1 Å². The fourth-order valence-electron chi connectivity index (χ4n) is 3.29. The van der Waals surface area contributed by atoms with Crippen molar-refractivity contribution in [1.29, 1.82) is 0 Å². The van der Waals surface area contributed by atoms with Crippen molar-refractivity contribution in [1.82, 2.24) is 25.0 Å². The Hall–Kier alpha value is -2.25. The molecule has 0 bridgehead atoms.